The van der Waals surface area contributed by atoms with E-state index in [0.29, 0.717) is 17.4 Å². The Labute approximate surface area is 269 Å². The number of carbonyl (C=O) groups excluding carboxylic acids is 1. The Morgan fingerprint density at radius 2 is 1.20 bits per heavy atom. The molecule has 0 bridgehead atoms. The molecule has 0 spiro atoms. The summed E-state index contributed by atoms with van der Waals surface area (Å²) in [5.41, 5.74) is 0. The Morgan fingerprint density at radius 3 is 1.64 bits per heavy atom. The standard InChI is InChI=1S/C35H64NO7P/c1-5-6-7-8-9-10-11-12-13-14-15-16-17-18-19-20-21-22-23-24-25-26-27-28-29-33(38)35(34(39)32-37)43-44(40,41)42-31-30-36(2,3)4/h34-35,37,39H,5-18,23-32H2,1-4H3/t34-,35?/m0/s1. The van der Waals surface area contributed by atoms with Gasteiger partial charge in [0.1, 0.15) is 19.3 Å². The van der Waals surface area contributed by atoms with Crippen LogP contribution < -0.4 is 4.89 Å². The second kappa shape index (κ2) is 28.0. The number of aliphatic hydroxyl groups excluding tert-OH is 2. The molecule has 256 valence electrons. The Morgan fingerprint density at radius 1 is 0.773 bits per heavy atom. The average molecular weight is 642 g/mol. The molecule has 0 aromatic heterocycles. The summed E-state index contributed by atoms with van der Waals surface area (Å²) in [6.07, 6.45) is 20.2. The fourth-order valence-electron chi connectivity index (χ4n) is 4.67. The van der Waals surface area contributed by atoms with Crippen molar-refractivity contribution in [1.82, 2.24) is 0 Å². The van der Waals surface area contributed by atoms with Gasteiger partial charge in [0.15, 0.2) is 11.9 Å². The summed E-state index contributed by atoms with van der Waals surface area (Å²) in [4.78, 5) is 24.7. The highest BCUT2D eigenvalue weighted by atomic mass is 31.2. The highest BCUT2D eigenvalue weighted by molar-refractivity contribution is 7.45. The lowest BCUT2D eigenvalue weighted by Gasteiger charge is -2.30. The first-order valence-corrected chi connectivity index (χ1v) is 18.7. The van der Waals surface area contributed by atoms with E-state index in [-0.39, 0.29) is 13.0 Å². The molecule has 0 saturated carbocycles. The fourth-order valence-corrected chi connectivity index (χ4v) is 5.57. The predicted molar refractivity (Wildman–Crippen MR) is 178 cm³/mol. The molecule has 8 nitrogen and oxygen atoms in total. The maximum absolute atomic E-state index is 12.5. The van der Waals surface area contributed by atoms with E-state index in [1.165, 1.54) is 77.0 Å². The van der Waals surface area contributed by atoms with E-state index in [1.54, 1.807) is 0 Å². The lowest BCUT2D eigenvalue weighted by Crippen LogP contribution is -2.40. The molecule has 0 aliphatic heterocycles. The Bertz CT molecular complexity index is 881. The quantitative estimate of drug-likeness (QED) is 0.0404. The summed E-state index contributed by atoms with van der Waals surface area (Å²) in [5, 5.41) is 19.2. The maximum atomic E-state index is 12.5. The van der Waals surface area contributed by atoms with Crippen LogP contribution in [0.2, 0.25) is 0 Å². The molecule has 2 N–H and O–H groups in total. The zero-order valence-electron chi connectivity index (χ0n) is 28.5. The second-order valence-electron chi connectivity index (χ2n) is 12.9. The zero-order valence-corrected chi connectivity index (χ0v) is 29.3. The number of phosphoric ester groups is 1. The number of ketones is 1. The van der Waals surface area contributed by atoms with Crippen molar-refractivity contribution in [2.45, 2.75) is 154 Å². The third-order valence-corrected chi connectivity index (χ3v) is 8.46. The van der Waals surface area contributed by atoms with Crippen LogP contribution in [0.1, 0.15) is 142 Å². The van der Waals surface area contributed by atoms with Gasteiger partial charge in [0.2, 0.25) is 0 Å². The molecule has 0 aliphatic carbocycles. The van der Waals surface area contributed by atoms with Crippen LogP contribution in [0.4, 0.5) is 0 Å². The highest BCUT2D eigenvalue weighted by Gasteiger charge is 2.31. The molecule has 3 atom stereocenters. The van der Waals surface area contributed by atoms with E-state index in [1.807, 2.05) is 21.1 Å². The van der Waals surface area contributed by atoms with Crippen molar-refractivity contribution < 1.29 is 38.0 Å². The zero-order chi connectivity index (χ0) is 32.9. The Balaban J connectivity index is 3.87. The van der Waals surface area contributed by atoms with Crippen molar-refractivity contribution >= 4 is 13.6 Å². The summed E-state index contributed by atoms with van der Waals surface area (Å²) in [7, 11) is 0.830. The minimum Gasteiger partial charge on any atom is -0.756 e. The van der Waals surface area contributed by atoms with E-state index < -0.39 is 32.4 Å². The van der Waals surface area contributed by atoms with Crippen LogP contribution in [0.3, 0.4) is 0 Å². The van der Waals surface area contributed by atoms with Gasteiger partial charge in [-0.1, -0.05) is 115 Å². The number of hydrogen-bond acceptors (Lipinski definition) is 7. The molecule has 44 heavy (non-hydrogen) atoms. The van der Waals surface area contributed by atoms with Crippen LogP contribution in [0.15, 0.2) is 0 Å². The molecule has 0 aliphatic rings. The maximum Gasteiger partial charge on any atom is 0.268 e. The first kappa shape index (κ1) is 42.8. The van der Waals surface area contributed by atoms with Crippen LogP contribution in [0, 0.1) is 23.7 Å². The molecule has 0 saturated heterocycles. The minimum absolute atomic E-state index is 0.0508. The van der Waals surface area contributed by atoms with E-state index in [2.05, 4.69) is 30.6 Å². The van der Waals surface area contributed by atoms with Gasteiger partial charge in [0, 0.05) is 19.3 Å². The highest BCUT2D eigenvalue weighted by Crippen LogP contribution is 2.40. The monoisotopic (exact) mass is 641 g/mol. The van der Waals surface area contributed by atoms with E-state index >= 15 is 0 Å². The topological polar surface area (TPSA) is 116 Å². The number of likely N-dealkylation sites (N-methyl/N-ethyl adjacent to an activating group) is 1. The fraction of sp³-hybridized carbons (Fsp3) is 0.857. The normalized spacial score (nSPS) is 14.2. The second-order valence-corrected chi connectivity index (χ2v) is 14.3. The third kappa shape index (κ3) is 28.3. The van der Waals surface area contributed by atoms with Crippen LogP contribution in [0.25, 0.3) is 0 Å². The molecule has 0 amide bonds. The average Bonchev–Trinajstić information content (AvgIpc) is 2.96. The van der Waals surface area contributed by atoms with Crippen LogP contribution >= 0.6 is 7.82 Å². The van der Waals surface area contributed by atoms with Gasteiger partial charge >= 0.3 is 0 Å². The molecular formula is C35H64NO7P. The smallest absolute Gasteiger partial charge is 0.268 e. The van der Waals surface area contributed by atoms with E-state index in [9.17, 15) is 24.5 Å². The summed E-state index contributed by atoms with van der Waals surface area (Å²) in [6.45, 7) is 1.77. The van der Waals surface area contributed by atoms with Crippen LogP contribution in [-0.2, 0) is 18.4 Å². The molecule has 0 rings (SSSR count). The first-order valence-electron chi connectivity index (χ1n) is 17.2. The van der Waals surface area contributed by atoms with Crippen molar-refractivity contribution in [3.63, 3.8) is 0 Å². The minimum atomic E-state index is -4.81. The Kier molecular flexibility index (Phi) is 27.3. The SMILES string of the molecule is CCCCCCCCCCCCCCCC#CC#CCCCCCCCC(=O)C(OP(=O)([O-])OCC[N+](C)(C)C)[C@@H](O)CO. The van der Waals surface area contributed by atoms with E-state index in [0.717, 1.165) is 44.9 Å². The van der Waals surface area contributed by atoms with Gasteiger partial charge in [-0.05, 0) is 31.1 Å². The molecule has 0 aromatic carbocycles. The number of unbranched alkanes of at least 4 members (excludes halogenated alkanes) is 18. The number of aliphatic hydroxyl groups is 2. The molecule has 2 unspecified atom stereocenters. The summed E-state index contributed by atoms with van der Waals surface area (Å²) < 4.78 is 22.3. The predicted octanol–water partition coefficient (Wildman–Crippen LogP) is 6.70. The van der Waals surface area contributed by atoms with Crippen molar-refractivity contribution in [3.05, 3.63) is 0 Å². The summed E-state index contributed by atoms with van der Waals surface area (Å²) in [5.74, 6) is 11.6. The lowest BCUT2D eigenvalue weighted by atomic mass is 10.0. The van der Waals surface area contributed by atoms with Gasteiger partial charge in [0.05, 0.1) is 27.7 Å². The van der Waals surface area contributed by atoms with Crippen molar-refractivity contribution in [2.24, 2.45) is 0 Å². The molecule has 9 heteroatoms. The van der Waals surface area contributed by atoms with Crippen LogP contribution in [0.5, 0.6) is 0 Å². The number of Topliss-reactive ketones (excluding diaryl/α,β-unsaturated/α-hetero) is 1. The van der Waals surface area contributed by atoms with Gasteiger partial charge in [-0.2, -0.15) is 0 Å². The number of quaternary nitrogens is 1. The van der Waals surface area contributed by atoms with Gasteiger partial charge in [0.25, 0.3) is 7.82 Å². The van der Waals surface area contributed by atoms with E-state index in [4.69, 9.17) is 9.05 Å². The lowest BCUT2D eigenvalue weighted by molar-refractivity contribution is -0.870. The van der Waals surface area contributed by atoms with Crippen molar-refractivity contribution in [1.29, 1.82) is 0 Å². The molecule has 0 fully saturated rings. The molecule has 0 aromatic rings. The number of hydrogen-bond donors (Lipinski definition) is 2. The summed E-state index contributed by atoms with van der Waals surface area (Å²) >= 11 is 0. The largest absolute Gasteiger partial charge is 0.756 e. The van der Waals surface area contributed by atoms with Gasteiger partial charge in [-0.15, -0.1) is 0 Å². The third-order valence-electron chi connectivity index (χ3n) is 7.48. The molecular weight excluding hydrogens is 577 g/mol. The Hall–Kier alpha value is -1.22. The van der Waals surface area contributed by atoms with Crippen molar-refractivity contribution in [3.8, 4) is 23.7 Å². The first-order chi connectivity index (χ1) is 21.0. The number of nitrogens with zero attached hydrogens (tertiary/aromatic N) is 1. The summed E-state index contributed by atoms with van der Waals surface area (Å²) in [6, 6.07) is 0. The number of carbonyl (C=O) groups is 1. The molecule has 0 heterocycles. The van der Waals surface area contributed by atoms with Gasteiger partial charge < -0.3 is 28.6 Å². The number of rotatable bonds is 29. The van der Waals surface area contributed by atoms with Gasteiger partial charge in [-0.3, -0.25) is 9.36 Å². The van der Waals surface area contributed by atoms with Crippen LogP contribution in [-0.4, -0.2) is 73.6 Å². The number of phosphoric acid groups is 1. The van der Waals surface area contributed by atoms with Gasteiger partial charge in [-0.25, -0.2) is 0 Å². The molecule has 0 radical (unpaired) electrons. The van der Waals surface area contributed by atoms with Crippen molar-refractivity contribution in [2.75, 3.05) is 40.9 Å².